The van der Waals surface area contributed by atoms with Gasteiger partial charge in [0.1, 0.15) is 0 Å². The predicted octanol–water partition coefficient (Wildman–Crippen LogP) is 0.444. The number of hydrogen-bond acceptors (Lipinski definition) is 3. The molecule has 1 aliphatic rings. The van der Waals surface area contributed by atoms with Crippen molar-refractivity contribution in [3.63, 3.8) is 0 Å². The molecule has 0 radical (unpaired) electrons. The fourth-order valence-electron chi connectivity index (χ4n) is 1.53. The first-order chi connectivity index (χ1) is 5.74. The first-order valence-electron chi connectivity index (χ1n) is 4.77. The molecule has 0 bridgehead atoms. The molecule has 12 heavy (non-hydrogen) atoms. The summed E-state index contributed by atoms with van der Waals surface area (Å²) >= 11 is 0. The first-order valence-corrected chi connectivity index (χ1v) is 4.77. The molecule has 0 aromatic heterocycles. The van der Waals surface area contributed by atoms with Gasteiger partial charge in [0, 0.05) is 25.2 Å². The van der Waals surface area contributed by atoms with Crippen molar-refractivity contribution in [1.29, 1.82) is 0 Å². The molecule has 0 unspecified atom stereocenters. The Kier molecular flexibility index (Phi) is 3.98. The Morgan fingerprint density at radius 3 is 2.67 bits per heavy atom. The van der Waals surface area contributed by atoms with Gasteiger partial charge in [0.15, 0.2) is 0 Å². The van der Waals surface area contributed by atoms with Crippen LogP contribution in [-0.4, -0.2) is 43.8 Å². The zero-order chi connectivity index (χ0) is 8.97. The standard InChI is InChI=1S/C9H20N2O/c1-3-12-5-4-11(2)9-6-8(10)7-9/h8-9H,3-7,10H2,1-2H3. The molecule has 3 heteroatoms. The lowest BCUT2D eigenvalue weighted by Gasteiger charge is -2.39. The van der Waals surface area contributed by atoms with E-state index in [-0.39, 0.29) is 0 Å². The average molecular weight is 172 g/mol. The number of rotatable bonds is 5. The van der Waals surface area contributed by atoms with Gasteiger partial charge in [-0.2, -0.15) is 0 Å². The summed E-state index contributed by atoms with van der Waals surface area (Å²) in [6.07, 6.45) is 2.31. The maximum atomic E-state index is 5.70. The Labute approximate surface area is 74.9 Å². The molecule has 0 atom stereocenters. The number of ether oxygens (including phenoxy) is 1. The van der Waals surface area contributed by atoms with Crippen LogP contribution in [0.25, 0.3) is 0 Å². The van der Waals surface area contributed by atoms with Crippen molar-refractivity contribution in [3.8, 4) is 0 Å². The van der Waals surface area contributed by atoms with E-state index in [1.165, 1.54) is 0 Å². The largest absolute Gasteiger partial charge is 0.380 e. The maximum absolute atomic E-state index is 5.70. The van der Waals surface area contributed by atoms with Crippen LogP contribution in [-0.2, 0) is 4.74 Å². The van der Waals surface area contributed by atoms with Crippen molar-refractivity contribution in [1.82, 2.24) is 4.90 Å². The Morgan fingerprint density at radius 2 is 2.17 bits per heavy atom. The molecule has 0 saturated heterocycles. The van der Waals surface area contributed by atoms with Gasteiger partial charge in [-0.3, -0.25) is 0 Å². The summed E-state index contributed by atoms with van der Waals surface area (Å²) in [5, 5.41) is 0. The molecule has 1 saturated carbocycles. The summed E-state index contributed by atoms with van der Waals surface area (Å²) in [5.41, 5.74) is 5.70. The number of likely N-dealkylation sites (N-methyl/N-ethyl adjacent to an activating group) is 1. The topological polar surface area (TPSA) is 38.5 Å². The average Bonchev–Trinajstić information content (AvgIpc) is 1.99. The minimum absolute atomic E-state index is 0.449. The summed E-state index contributed by atoms with van der Waals surface area (Å²) in [7, 11) is 2.15. The van der Waals surface area contributed by atoms with E-state index in [2.05, 4.69) is 11.9 Å². The van der Waals surface area contributed by atoms with E-state index in [4.69, 9.17) is 10.5 Å². The van der Waals surface area contributed by atoms with Crippen LogP contribution in [0.15, 0.2) is 0 Å². The van der Waals surface area contributed by atoms with E-state index < -0.39 is 0 Å². The van der Waals surface area contributed by atoms with E-state index in [0.717, 1.165) is 32.6 Å². The van der Waals surface area contributed by atoms with Crippen LogP contribution in [0.3, 0.4) is 0 Å². The number of nitrogens with two attached hydrogens (primary N) is 1. The van der Waals surface area contributed by atoms with Gasteiger partial charge >= 0.3 is 0 Å². The second-order valence-corrected chi connectivity index (χ2v) is 3.56. The van der Waals surface area contributed by atoms with Crippen molar-refractivity contribution in [2.24, 2.45) is 5.73 Å². The van der Waals surface area contributed by atoms with E-state index in [1.807, 2.05) is 6.92 Å². The third kappa shape index (κ3) is 2.73. The summed E-state index contributed by atoms with van der Waals surface area (Å²) in [4.78, 5) is 2.35. The molecule has 0 heterocycles. The summed E-state index contributed by atoms with van der Waals surface area (Å²) < 4.78 is 5.28. The Hall–Kier alpha value is -0.120. The van der Waals surface area contributed by atoms with Crippen molar-refractivity contribution in [2.45, 2.75) is 31.8 Å². The highest BCUT2D eigenvalue weighted by Crippen LogP contribution is 2.22. The molecule has 3 nitrogen and oxygen atoms in total. The van der Waals surface area contributed by atoms with Gasteiger partial charge in [0.2, 0.25) is 0 Å². The van der Waals surface area contributed by atoms with Gasteiger partial charge in [-0.05, 0) is 26.8 Å². The molecular weight excluding hydrogens is 152 g/mol. The fraction of sp³-hybridized carbons (Fsp3) is 1.00. The van der Waals surface area contributed by atoms with E-state index in [1.54, 1.807) is 0 Å². The molecule has 72 valence electrons. The lowest BCUT2D eigenvalue weighted by Crippen LogP contribution is -2.49. The van der Waals surface area contributed by atoms with Crippen LogP contribution in [0, 0.1) is 0 Å². The third-order valence-corrected chi connectivity index (χ3v) is 2.57. The molecule has 0 aromatic carbocycles. The van der Waals surface area contributed by atoms with E-state index in [0.29, 0.717) is 12.1 Å². The van der Waals surface area contributed by atoms with E-state index in [9.17, 15) is 0 Å². The minimum atomic E-state index is 0.449. The van der Waals surface area contributed by atoms with Crippen molar-refractivity contribution in [2.75, 3.05) is 26.8 Å². The first kappa shape index (κ1) is 9.96. The monoisotopic (exact) mass is 172 g/mol. The Balaban J connectivity index is 2.00. The van der Waals surface area contributed by atoms with Crippen LogP contribution in [0.2, 0.25) is 0 Å². The molecule has 0 aliphatic heterocycles. The highest BCUT2D eigenvalue weighted by Gasteiger charge is 2.28. The molecular formula is C9H20N2O. The Morgan fingerprint density at radius 1 is 1.50 bits per heavy atom. The normalized spacial score (nSPS) is 29.0. The molecule has 0 spiro atoms. The predicted molar refractivity (Wildman–Crippen MR) is 50.1 cm³/mol. The summed E-state index contributed by atoms with van der Waals surface area (Å²) in [6, 6.07) is 1.16. The zero-order valence-corrected chi connectivity index (χ0v) is 8.12. The Bertz CT molecular complexity index is 124. The molecule has 1 fully saturated rings. The van der Waals surface area contributed by atoms with Gasteiger partial charge in [0.05, 0.1) is 6.61 Å². The summed E-state index contributed by atoms with van der Waals surface area (Å²) in [5.74, 6) is 0. The lowest BCUT2D eigenvalue weighted by atomic mass is 9.86. The van der Waals surface area contributed by atoms with Gasteiger partial charge in [-0.25, -0.2) is 0 Å². The van der Waals surface area contributed by atoms with Gasteiger partial charge < -0.3 is 15.4 Å². The van der Waals surface area contributed by atoms with Crippen LogP contribution in [0.1, 0.15) is 19.8 Å². The molecule has 1 rings (SSSR count). The lowest BCUT2D eigenvalue weighted by molar-refractivity contribution is 0.0789. The van der Waals surface area contributed by atoms with Crippen LogP contribution in [0.5, 0.6) is 0 Å². The minimum Gasteiger partial charge on any atom is -0.380 e. The number of hydrogen-bond donors (Lipinski definition) is 1. The zero-order valence-electron chi connectivity index (χ0n) is 8.12. The second-order valence-electron chi connectivity index (χ2n) is 3.56. The fourth-order valence-corrected chi connectivity index (χ4v) is 1.53. The molecule has 0 aromatic rings. The molecule has 0 amide bonds. The quantitative estimate of drug-likeness (QED) is 0.612. The number of nitrogens with zero attached hydrogens (tertiary/aromatic N) is 1. The van der Waals surface area contributed by atoms with Crippen LogP contribution in [0.4, 0.5) is 0 Å². The molecule has 2 N–H and O–H groups in total. The summed E-state index contributed by atoms with van der Waals surface area (Å²) in [6.45, 7) is 4.72. The van der Waals surface area contributed by atoms with Crippen LogP contribution < -0.4 is 5.73 Å². The maximum Gasteiger partial charge on any atom is 0.0593 e. The van der Waals surface area contributed by atoms with Crippen molar-refractivity contribution < 1.29 is 4.74 Å². The SMILES string of the molecule is CCOCCN(C)C1CC(N)C1. The van der Waals surface area contributed by atoms with Crippen molar-refractivity contribution >= 4 is 0 Å². The highest BCUT2D eigenvalue weighted by atomic mass is 16.5. The second kappa shape index (κ2) is 4.80. The van der Waals surface area contributed by atoms with Gasteiger partial charge in [-0.1, -0.05) is 0 Å². The third-order valence-electron chi connectivity index (χ3n) is 2.57. The van der Waals surface area contributed by atoms with Crippen LogP contribution >= 0.6 is 0 Å². The smallest absolute Gasteiger partial charge is 0.0593 e. The van der Waals surface area contributed by atoms with E-state index >= 15 is 0 Å². The van der Waals surface area contributed by atoms with Crippen molar-refractivity contribution in [3.05, 3.63) is 0 Å². The van der Waals surface area contributed by atoms with Gasteiger partial charge in [-0.15, -0.1) is 0 Å². The highest BCUT2D eigenvalue weighted by molar-refractivity contribution is 4.88. The van der Waals surface area contributed by atoms with Gasteiger partial charge in [0.25, 0.3) is 0 Å². The molecule has 1 aliphatic carbocycles.